The van der Waals surface area contributed by atoms with Gasteiger partial charge in [0.25, 0.3) is 0 Å². The van der Waals surface area contributed by atoms with Crippen LogP contribution in [0.1, 0.15) is 94.2 Å². The lowest BCUT2D eigenvalue weighted by Crippen LogP contribution is -1.93. The fourth-order valence-electron chi connectivity index (χ4n) is 1.81. The van der Waals surface area contributed by atoms with Crippen molar-refractivity contribution in [1.29, 1.82) is 0 Å². The van der Waals surface area contributed by atoms with Gasteiger partial charge in [-0.05, 0) is 29.4 Å². The SMILES string of the molecule is CC.CC.CC.CC(C)(C)C.CCc1ccccc1.CCc1ccccc1.c1ccccc1. The second-order valence-corrected chi connectivity index (χ2v) is 7.83. The lowest BCUT2D eigenvalue weighted by atomic mass is 10.0. The minimum Gasteiger partial charge on any atom is -0.0683 e. The topological polar surface area (TPSA) is 0 Å². The third-order valence-corrected chi connectivity index (χ3v) is 3.17. The second-order valence-electron chi connectivity index (χ2n) is 7.83. The first-order valence-electron chi connectivity index (χ1n) is 12.9. The van der Waals surface area contributed by atoms with Gasteiger partial charge in [-0.1, -0.05) is 180 Å². The van der Waals surface area contributed by atoms with Crippen molar-refractivity contribution in [3.63, 3.8) is 0 Å². The molecule has 0 aliphatic rings. The van der Waals surface area contributed by atoms with Crippen molar-refractivity contribution in [2.45, 2.75) is 95.9 Å². The highest BCUT2D eigenvalue weighted by atomic mass is 14.0. The zero-order chi connectivity index (χ0) is 26.4. The average Bonchev–Trinajstić information content (AvgIpc) is 2.89. The molecular formula is C33H56. The van der Waals surface area contributed by atoms with E-state index in [0.29, 0.717) is 5.41 Å². The summed E-state index contributed by atoms with van der Waals surface area (Å²) in [5, 5.41) is 0. The largest absolute Gasteiger partial charge is 0.0683 e. The maximum atomic E-state index is 2.19. The zero-order valence-electron chi connectivity index (χ0n) is 24.2. The Hall–Kier alpha value is -2.34. The van der Waals surface area contributed by atoms with Crippen LogP contribution in [0.3, 0.4) is 0 Å². The van der Waals surface area contributed by atoms with E-state index in [4.69, 9.17) is 0 Å². The standard InChI is InChI=1S/2C8H10.C6H6.C5H12.3C2H6/c2*1-2-8-6-4-3-5-7-8;1-2-4-6-5-3-1;1-5(2,3)4;3*1-2/h2*3-7H,2H2,1H3;1-6H;1-4H3;3*1-2H3. The summed E-state index contributed by atoms with van der Waals surface area (Å²) in [4.78, 5) is 0. The van der Waals surface area contributed by atoms with E-state index in [-0.39, 0.29) is 0 Å². The van der Waals surface area contributed by atoms with Crippen molar-refractivity contribution in [2.24, 2.45) is 5.41 Å². The third-order valence-electron chi connectivity index (χ3n) is 3.17. The molecule has 3 aromatic rings. The molecule has 3 aromatic carbocycles. The van der Waals surface area contributed by atoms with E-state index in [1.165, 1.54) is 11.1 Å². The van der Waals surface area contributed by atoms with E-state index in [0.717, 1.165) is 12.8 Å². The Balaban J connectivity index is -0.000000160. The summed E-state index contributed by atoms with van der Waals surface area (Å²) in [6.45, 7) is 25.1. The number of hydrogen-bond acceptors (Lipinski definition) is 0. The van der Waals surface area contributed by atoms with E-state index in [9.17, 15) is 0 Å². The van der Waals surface area contributed by atoms with E-state index in [2.05, 4.69) is 90.1 Å². The van der Waals surface area contributed by atoms with Crippen molar-refractivity contribution in [1.82, 2.24) is 0 Å². The van der Waals surface area contributed by atoms with Gasteiger partial charge in [0.1, 0.15) is 0 Å². The molecule has 0 spiro atoms. The van der Waals surface area contributed by atoms with Crippen LogP contribution in [-0.2, 0) is 12.8 Å². The Morgan fingerprint density at radius 1 is 0.394 bits per heavy atom. The maximum Gasteiger partial charge on any atom is -0.0307 e. The fraction of sp³-hybridized carbons (Fsp3) is 0.455. The minimum absolute atomic E-state index is 0.500. The van der Waals surface area contributed by atoms with Gasteiger partial charge < -0.3 is 0 Å². The maximum absolute atomic E-state index is 2.19. The van der Waals surface area contributed by atoms with Crippen LogP contribution >= 0.6 is 0 Å². The molecule has 0 N–H and O–H groups in total. The first-order chi connectivity index (χ1) is 15.9. The van der Waals surface area contributed by atoms with Crippen LogP contribution in [0.5, 0.6) is 0 Å². The lowest BCUT2D eigenvalue weighted by molar-refractivity contribution is 0.469. The van der Waals surface area contributed by atoms with E-state index in [1.54, 1.807) is 0 Å². The molecule has 3 rings (SSSR count). The third kappa shape index (κ3) is 40.5. The number of hydrogen-bond donors (Lipinski definition) is 0. The molecule has 33 heavy (non-hydrogen) atoms. The van der Waals surface area contributed by atoms with Crippen molar-refractivity contribution >= 4 is 0 Å². The fourth-order valence-corrected chi connectivity index (χ4v) is 1.81. The van der Waals surface area contributed by atoms with Gasteiger partial charge >= 0.3 is 0 Å². The molecule has 0 amide bonds. The summed E-state index contributed by atoms with van der Waals surface area (Å²) in [7, 11) is 0. The smallest absolute Gasteiger partial charge is 0.0307 e. The molecule has 0 aliphatic heterocycles. The Bertz CT molecular complexity index is 562. The van der Waals surface area contributed by atoms with Crippen LogP contribution in [0.25, 0.3) is 0 Å². The quantitative estimate of drug-likeness (QED) is 0.362. The molecule has 0 unspecified atom stereocenters. The molecule has 0 aromatic heterocycles. The van der Waals surface area contributed by atoms with Crippen LogP contribution in [0, 0.1) is 5.41 Å². The molecule has 0 heterocycles. The number of rotatable bonds is 2. The van der Waals surface area contributed by atoms with Crippen molar-refractivity contribution in [3.05, 3.63) is 108 Å². The summed E-state index contributed by atoms with van der Waals surface area (Å²) in [6, 6.07) is 32.9. The highest BCUT2D eigenvalue weighted by molar-refractivity contribution is 5.14. The molecule has 0 aliphatic carbocycles. The van der Waals surface area contributed by atoms with Crippen LogP contribution in [0.4, 0.5) is 0 Å². The second kappa shape index (κ2) is 31.8. The summed E-state index contributed by atoms with van der Waals surface area (Å²) in [6.07, 6.45) is 2.28. The molecule has 0 saturated heterocycles. The zero-order valence-corrected chi connectivity index (χ0v) is 24.2. The van der Waals surface area contributed by atoms with E-state index < -0.39 is 0 Å². The Morgan fingerprint density at radius 3 is 0.667 bits per heavy atom. The average molecular weight is 453 g/mol. The Morgan fingerprint density at radius 2 is 0.545 bits per heavy atom. The van der Waals surface area contributed by atoms with Crippen LogP contribution in [0.15, 0.2) is 97.1 Å². The van der Waals surface area contributed by atoms with Gasteiger partial charge in [0.2, 0.25) is 0 Å². The van der Waals surface area contributed by atoms with Gasteiger partial charge in [-0.25, -0.2) is 0 Å². The van der Waals surface area contributed by atoms with Gasteiger partial charge in [-0.3, -0.25) is 0 Å². The normalized spacial score (nSPS) is 8.24. The molecule has 0 bridgehead atoms. The van der Waals surface area contributed by atoms with E-state index >= 15 is 0 Å². The highest BCUT2D eigenvalue weighted by Gasteiger charge is 1.95. The molecule has 0 fully saturated rings. The molecule has 0 atom stereocenters. The van der Waals surface area contributed by atoms with Crippen LogP contribution < -0.4 is 0 Å². The van der Waals surface area contributed by atoms with Gasteiger partial charge in [-0.2, -0.15) is 0 Å². The first kappa shape index (κ1) is 37.9. The van der Waals surface area contributed by atoms with Crippen molar-refractivity contribution < 1.29 is 0 Å². The van der Waals surface area contributed by atoms with Crippen LogP contribution in [0.2, 0.25) is 0 Å². The summed E-state index contributed by atoms with van der Waals surface area (Å²) >= 11 is 0. The lowest BCUT2D eigenvalue weighted by Gasteiger charge is -2.05. The summed E-state index contributed by atoms with van der Waals surface area (Å²) in [5.41, 5.74) is 3.32. The molecule has 0 radical (unpaired) electrons. The van der Waals surface area contributed by atoms with E-state index in [1.807, 2.05) is 90.1 Å². The highest BCUT2D eigenvalue weighted by Crippen LogP contribution is 2.08. The van der Waals surface area contributed by atoms with Gasteiger partial charge in [-0.15, -0.1) is 0 Å². The van der Waals surface area contributed by atoms with Gasteiger partial charge in [0, 0.05) is 0 Å². The predicted octanol–water partition coefficient (Wildman–Crippen LogP) is 11.3. The molecule has 0 saturated carbocycles. The molecular weight excluding hydrogens is 396 g/mol. The Labute approximate surface area is 209 Å². The minimum atomic E-state index is 0.500. The van der Waals surface area contributed by atoms with Gasteiger partial charge in [0.15, 0.2) is 0 Å². The van der Waals surface area contributed by atoms with Crippen molar-refractivity contribution in [2.75, 3.05) is 0 Å². The summed E-state index contributed by atoms with van der Waals surface area (Å²) in [5.74, 6) is 0. The summed E-state index contributed by atoms with van der Waals surface area (Å²) < 4.78 is 0. The van der Waals surface area contributed by atoms with Gasteiger partial charge in [0.05, 0.1) is 0 Å². The molecule has 0 nitrogen and oxygen atoms in total. The molecule has 188 valence electrons. The van der Waals surface area contributed by atoms with Crippen LogP contribution in [-0.4, -0.2) is 0 Å². The number of benzene rings is 3. The monoisotopic (exact) mass is 452 g/mol. The number of aryl methyl sites for hydroxylation is 2. The predicted molar refractivity (Wildman–Crippen MR) is 157 cm³/mol. The Kier molecular flexibility index (Phi) is 36.6. The first-order valence-corrected chi connectivity index (χ1v) is 12.9. The van der Waals surface area contributed by atoms with Crippen molar-refractivity contribution in [3.8, 4) is 0 Å². The molecule has 0 heteroatoms.